The summed E-state index contributed by atoms with van der Waals surface area (Å²) in [6.07, 6.45) is 4.13. The van der Waals surface area contributed by atoms with Crippen molar-refractivity contribution < 1.29 is 0 Å². The van der Waals surface area contributed by atoms with E-state index in [1.807, 2.05) is 18.2 Å². The van der Waals surface area contributed by atoms with Crippen LogP contribution in [0.4, 0.5) is 0 Å². The number of hydrogen-bond acceptors (Lipinski definition) is 5. The molecule has 2 N–H and O–H groups in total. The van der Waals surface area contributed by atoms with Crippen LogP contribution in [0.15, 0.2) is 36.4 Å². The Labute approximate surface area is 183 Å². The van der Waals surface area contributed by atoms with Gasteiger partial charge in [-0.05, 0) is 47.9 Å². The van der Waals surface area contributed by atoms with E-state index in [-0.39, 0.29) is 6.04 Å². The number of nitriles is 1. The lowest BCUT2D eigenvalue weighted by molar-refractivity contribution is 0.646. The first-order valence-electron chi connectivity index (χ1n) is 10.7. The Balaban J connectivity index is 0.000000806. The van der Waals surface area contributed by atoms with E-state index in [9.17, 15) is 5.26 Å². The largest absolute Gasteiger partial charge is 0.324 e. The summed E-state index contributed by atoms with van der Waals surface area (Å²) >= 11 is 1.57. The fourth-order valence-electron chi connectivity index (χ4n) is 3.77. The van der Waals surface area contributed by atoms with Crippen LogP contribution in [0.25, 0.3) is 21.1 Å². The standard InChI is InChI=1S/C22H22N4S.C3H8/c1-13(2)10-14-6-7-15(11-16(14)12-23)21-25-26-22(27-21)19-5-3-4-18-17(19)8-9-20(18)24;1-3-2/h3-7,11,13,20H,8-10,24H2,1-2H3;3H2,1-2H3. The van der Waals surface area contributed by atoms with Crippen molar-refractivity contribution in [3.8, 4) is 27.2 Å². The second-order valence-electron chi connectivity index (χ2n) is 8.22. The molecule has 0 amide bonds. The average Bonchev–Trinajstić information content (AvgIpc) is 3.36. The van der Waals surface area contributed by atoms with Crippen LogP contribution in [0.2, 0.25) is 0 Å². The van der Waals surface area contributed by atoms with E-state index in [0.717, 1.165) is 51.5 Å². The van der Waals surface area contributed by atoms with E-state index in [0.29, 0.717) is 5.92 Å². The summed E-state index contributed by atoms with van der Waals surface area (Å²) in [6.45, 7) is 8.58. The molecule has 1 aliphatic rings. The zero-order chi connectivity index (χ0) is 21.7. The van der Waals surface area contributed by atoms with Gasteiger partial charge in [-0.15, -0.1) is 10.2 Å². The highest BCUT2D eigenvalue weighted by Crippen LogP contribution is 2.39. The highest BCUT2D eigenvalue weighted by atomic mass is 32.1. The third kappa shape index (κ3) is 4.77. The van der Waals surface area contributed by atoms with Gasteiger partial charge in [-0.2, -0.15) is 5.26 Å². The van der Waals surface area contributed by atoms with Gasteiger partial charge in [-0.25, -0.2) is 0 Å². The molecular formula is C25H30N4S. The van der Waals surface area contributed by atoms with Crippen LogP contribution in [-0.4, -0.2) is 10.2 Å². The second kappa shape index (κ2) is 9.97. The minimum absolute atomic E-state index is 0.124. The molecule has 0 bridgehead atoms. The van der Waals surface area contributed by atoms with Crippen LogP contribution < -0.4 is 5.73 Å². The SMILES string of the molecule is CC(C)Cc1ccc(-c2nnc(-c3cccc4c3CCC4N)s2)cc1C#N.CCC. The molecule has 0 radical (unpaired) electrons. The Morgan fingerprint density at radius 2 is 1.90 bits per heavy atom. The molecule has 0 saturated carbocycles. The fraction of sp³-hybridized carbons (Fsp3) is 0.400. The van der Waals surface area contributed by atoms with Crippen LogP contribution in [0.1, 0.15) is 68.8 Å². The van der Waals surface area contributed by atoms with Gasteiger partial charge in [0.25, 0.3) is 0 Å². The van der Waals surface area contributed by atoms with Crippen molar-refractivity contribution in [3.05, 3.63) is 58.7 Å². The molecule has 156 valence electrons. The zero-order valence-electron chi connectivity index (χ0n) is 18.3. The summed E-state index contributed by atoms with van der Waals surface area (Å²) in [4.78, 5) is 0. The van der Waals surface area contributed by atoms with Gasteiger partial charge in [0.1, 0.15) is 10.0 Å². The molecule has 0 aliphatic heterocycles. The first-order chi connectivity index (χ1) is 14.5. The van der Waals surface area contributed by atoms with Gasteiger partial charge in [0.05, 0.1) is 11.6 Å². The van der Waals surface area contributed by atoms with Crippen molar-refractivity contribution >= 4 is 11.3 Å². The second-order valence-corrected chi connectivity index (χ2v) is 9.20. The van der Waals surface area contributed by atoms with Crippen LogP contribution in [0, 0.1) is 17.2 Å². The summed E-state index contributed by atoms with van der Waals surface area (Å²) in [5.41, 5.74) is 12.7. The van der Waals surface area contributed by atoms with Gasteiger partial charge in [0.15, 0.2) is 0 Å². The number of nitrogens with zero attached hydrogens (tertiary/aromatic N) is 3. The van der Waals surface area contributed by atoms with Crippen LogP contribution in [-0.2, 0) is 12.8 Å². The first-order valence-corrected chi connectivity index (χ1v) is 11.5. The van der Waals surface area contributed by atoms with Crippen molar-refractivity contribution in [2.75, 3.05) is 0 Å². The Morgan fingerprint density at radius 3 is 2.60 bits per heavy atom. The van der Waals surface area contributed by atoms with Gasteiger partial charge >= 0.3 is 0 Å². The molecule has 1 unspecified atom stereocenters. The molecule has 1 atom stereocenters. The molecule has 0 spiro atoms. The van der Waals surface area contributed by atoms with Gasteiger partial charge in [0, 0.05) is 17.2 Å². The molecule has 4 nitrogen and oxygen atoms in total. The van der Waals surface area contributed by atoms with Crippen LogP contribution >= 0.6 is 11.3 Å². The minimum atomic E-state index is 0.124. The normalized spacial score (nSPS) is 14.8. The van der Waals surface area contributed by atoms with E-state index in [1.54, 1.807) is 11.3 Å². The first kappa shape index (κ1) is 22.1. The maximum absolute atomic E-state index is 9.52. The number of aromatic nitrogens is 2. The monoisotopic (exact) mass is 418 g/mol. The number of rotatable bonds is 4. The van der Waals surface area contributed by atoms with E-state index in [1.165, 1.54) is 17.5 Å². The summed E-state index contributed by atoms with van der Waals surface area (Å²) in [5, 5.41) is 20.1. The molecule has 3 aromatic rings. The van der Waals surface area contributed by atoms with E-state index in [2.05, 4.69) is 62.2 Å². The van der Waals surface area contributed by atoms with Crippen LogP contribution in [0.3, 0.4) is 0 Å². The fourth-order valence-corrected chi connectivity index (χ4v) is 4.66. The molecule has 0 saturated heterocycles. The highest BCUT2D eigenvalue weighted by molar-refractivity contribution is 7.17. The Hall–Kier alpha value is -2.55. The molecule has 5 heteroatoms. The summed E-state index contributed by atoms with van der Waals surface area (Å²) < 4.78 is 0. The molecule has 1 heterocycles. The molecule has 0 fully saturated rings. The summed E-state index contributed by atoms with van der Waals surface area (Å²) in [5.74, 6) is 0.516. The van der Waals surface area contributed by atoms with E-state index < -0.39 is 0 Å². The summed E-state index contributed by atoms with van der Waals surface area (Å²) in [6, 6.07) is 14.8. The topological polar surface area (TPSA) is 75.6 Å². The molecule has 2 aromatic carbocycles. The van der Waals surface area contributed by atoms with Gasteiger partial charge in [0.2, 0.25) is 0 Å². The quantitative estimate of drug-likeness (QED) is 0.539. The van der Waals surface area contributed by atoms with Crippen molar-refractivity contribution in [1.82, 2.24) is 10.2 Å². The highest BCUT2D eigenvalue weighted by Gasteiger charge is 2.23. The molecule has 4 rings (SSSR count). The third-order valence-electron chi connectivity index (χ3n) is 5.08. The predicted octanol–water partition coefficient (Wildman–Crippen LogP) is 6.30. The van der Waals surface area contributed by atoms with Crippen molar-refractivity contribution in [2.24, 2.45) is 11.7 Å². The smallest absolute Gasteiger partial charge is 0.148 e. The van der Waals surface area contributed by atoms with E-state index >= 15 is 0 Å². The minimum Gasteiger partial charge on any atom is -0.324 e. The number of hydrogen-bond donors (Lipinski definition) is 1. The Kier molecular flexibility index (Phi) is 7.36. The van der Waals surface area contributed by atoms with Crippen molar-refractivity contribution in [2.45, 2.75) is 59.4 Å². The molecule has 1 aromatic heterocycles. The Morgan fingerprint density at radius 1 is 1.17 bits per heavy atom. The average molecular weight is 419 g/mol. The third-order valence-corrected chi connectivity index (χ3v) is 6.08. The maximum atomic E-state index is 9.52. The van der Waals surface area contributed by atoms with Crippen molar-refractivity contribution in [1.29, 1.82) is 5.26 Å². The lowest BCUT2D eigenvalue weighted by atomic mass is 9.97. The number of nitrogens with two attached hydrogens (primary N) is 1. The molecular weight excluding hydrogens is 388 g/mol. The van der Waals surface area contributed by atoms with Crippen molar-refractivity contribution in [3.63, 3.8) is 0 Å². The van der Waals surface area contributed by atoms with Gasteiger partial charge in [-0.1, -0.05) is 75.8 Å². The molecule has 30 heavy (non-hydrogen) atoms. The zero-order valence-corrected chi connectivity index (χ0v) is 19.1. The lowest BCUT2D eigenvalue weighted by Gasteiger charge is -2.08. The number of fused-ring (bicyclic) bond motifs is 1. The predicted molar refractivity (Wildman–Crippen MR) is 125 cm³/mol. The van der Waals surface area contributed by atoms with Gasteiger partial charge in [-0.3, -0.25) is 0 Å². The lowest BCUT2D eigenvalue weighted by Crippen LogP contribution is -2.04. The van der Waals surface area contributed by atoms with Gasteiger partial charge < -0.3 is 5.73 Å². The number of benzene rings is 2. The summed E-state index contributed by atoms with van der Waals surface area (Å²) in [7, 11) is 0. The maximum Gasteiger partial charge on any atom is 0.148 e. The van der Waals surface area contributed by atoms with Crippen LogP contribution in [0.5, 0.6) is 0 Å². The van der Waals surface area contributed by atoms with E-state index in [4.69, 9.17) is 5.73 Å². The molecule has 1 aliphatic carbocycles. The Bertz CT molecular complexity index is 1050.